The van der Waals surface area contributed by atoms with E-state index in [9.17, 15) is 21.6 Å². The monoisotopic (exact) mass is 312 g/mol. The van der Waals surface area contributed by atoms with Crippen molar-refractivity contribution in [2.45, 2.75) is 31.7 Å². The van der Waals surface area contributed by atoms with Crippen molar-refractivity contribution in [2.24, 2.45) is 5.92 Å². The van der Waals surface area contributed by atoms with Crippen LogP contribution in [-0.4, -0.2) is 37.1 Å². The average Bonchev–Trinajstić information content (AvgIpc) is 2.73. The summed E-state index contributed by atoms with van der Waals surface area (Å²) >= 11 is 0. The van der Waals surface area contributed by atoms with Crippen molar-refractivity contribution in [1.82, 2.24) is 9.46 Å². The van der Waals surface area contributed by atoms with Gasteiger partial charge in [0.25, 0.3) is 0 Å². The Labute approximate surface area is 114 Å². The zero-order valence-electron chi connectivity index (χ0n) is 10.9. The molecule has 1 fully saturated rings. The lowest BCUT2D eigenvalue weighted by molar-refractivity contribution is -0.182. The second-order valence-electron chi connectivity index (χ2n) is 4.92. The molecule has 1 aliphatic rings. The molecule has 1 atom stereocenters. The normalized spacial score (nSPS) is 22.1. The summed E-state index contributed by atoms with van der Waals surface area (Å²) in [6.45, 7) is 1.22. The minimum atomic E-state index is -4.36. The lowest BCUT2D eigenvalue weighted by Crippen LogP contribution is -2.44. The molecule has 1 unspecified atom stereocenters. The van der Waals surface area contributed by atoms with Crippen molar-refractivity contribution < 1.29 is 26.1 Å². The van der Waals surface area contributed by atoms with Gasteiger partial charge in [-0.3, -0.25) is 0 Å². The molecule has 0 aromatic carbocycles. The summed E-state index contributed by atoms with van der Waals surface area (Å²) in [5.74, 6) is -1.57. The Hall–Kier alpha value is -1.09. The number of nitrogens with zero attached hydrogens (tertiary/aromatic N) is 2. The molecule has 1 saturated heterocycles. The lowest BCUT2D eigenvalue weighted by Gasteiger charge is -2.32. The van der Waals surface area contributed by atoms with Gasteiger partial charge in [-0.2, -0.15) is 13.2 Å². The summed E-state index contributed by atoms with van der Waals surface area (Å²) in [6, 6.07) is 1.46. The van der Waals surface area contributed by atoms with Crippen LogP contribution >= 0.6 is 0 Å². The standard InChI is InChI=1S/C11H15F3N2O3S/c1-8-5-10(15-19-8)7-20(17,18)16-4-2-3-9(6-16)11(12,13)14/h5,9H,2-4,6-7H2,1H3. The molecule has 0 N–H and O–H groups in total. The third kappa shape index (κ3) is 3.51. The zero-order chi connectivity index (χ0) is 15.0. The van der Waals surface area contributed by atoms with Crippen molar-refractivity contribution >= 4 is 10.0 Å². The summed E-state index contributed by atoms with van der Waals surface area (Å²) < 4.78 is 67.9. The maximum absolute atomic E-state index is 12.7. The molecule has 1 aromatic rings. The summed E-state index contributed by atoms with van der Waals surface area (Å²) in [6.07, 6.45) is -4.18. The molecule has 20 heavy (non-hydrogen) atoms. The van der Waals surface area contributed by atoms with Crippen LogP contribution in [0.1, 0.15) is 24.3 Å². The number of piperidine rings is 1. The van der Waals surface area contributed by atoms with Gasteiger partial charge < -0.3 is 4.52 Å². The fourth-order valence-electron chi connectivity index (χ4n) is 2.23. The van der Waals surface area contributed by atoms with E-state index in [-0.39, 0.29) is 25.1 Å². The van der Waals surface area contributed by atoms with Crippen LogP contribution in [0.3, 0.4) is 0 Å². The van der Waals surface area contributed by atoms with Crippen LogP contribution in [-0.2, 0) is 15.8 Å². The van der Waals surface area contributed by atoms with Gasteiger partial charge >= 0.3 is 6.18 Å². The molecule has 114 valence electrons. The Balaban J connectivity index is 2.09. The smallest absolute Gasteiger partial charge is 0.361 e. The minimum absolute atomic E-state index is 0.0292. The molecule has 0 spiro atoms. The highest BCUT2D eigenvalue weighted by atomic mass is 32.2. The molecule has 9 heteroatoms. The van der Waals surface area contributed by atoms with E-state index < -0.39 is 34.4 Å². The number of rotatable bonds is 3. The van der Waals surface area contributed by atoms with E-state index >= 15 is 0 Å². The van der Waals surface area contributed by atoms with Gasteiger partial charge in [-0.25, -0.2) is 12.7 Å². The van der Waals surface area contributed by atoms with E-state index in [1.807, 2.05) is 0 Å². The quantitative estimate of drug-likeness (QED) is 0.857. The van der Waals surface area contributed by atoms with Gasteiger partial charge in [0.15, 0.2) is 0 Å². The van der Waals surface area contributed by atoms with Crippen molar-refractivity contribution in [2.75, 3.05) is 13.1 Å². The van der Waals surface area contributed by atoms with Crippen molar-refractivity contribution in [1.29, 1.82) is 0 Å². The number of sulfonamides is 1. The Kier molecular flexibility index (Phi) is 4.10. The Morgan fingerprint density at radius 1 is 1.50 bits per heavy atom. The van der Waals surface area contributed by atoms with Crippen LogP contribution in [0.25, 0.3) is 0 Å². The second-order valence-corrected chi connectivity index (χ2v) is 6.89. The number of aromatic nitrogens is 1. The SMILES string of the molecule is Cc1cc(CS(=O)(=O)N2CCCC(C(F)(F)F)C2)no1. The fourth-order valence-corrected chi connectivity index (χ4v) is 3.73. The highest BCUT2D eigenvalue weighted by Gasteiger charge is 2.44. The Bertz CT molecular complexity index is 568. The van der Waals surface area contributed by atoms with Crippen LogP contribution in [0.15, 0.2) is 10.6 Å². The Morgan fingerprint density at radius 3 is 2.75 bits per heavy atom. The van der Waals surface area contributed by atoms with E-state index in [0.29, 0.717) is 5.76 Å². The maximum atomic E-state index is 12.7. The summed E-state index contributed by atoms with van der Waals surface area (Å²) in [5, 5.41) is 3.56. The van der Waals surface area contributed by atoms with Gasteiger partial charge in [-0.1, -0.05) is 5.16 Å². The van der Waals surface area contributed by atoms with Gasteiger partial charge in [-0.05, 0) is 19.8 Å². The zero-order valence-corrected chi connectivity index (χ0v) is 11.7. The first-order valence-corrected chi connectivity index (χ1v) is 7.76. The molecular weight excluding hydrogens is 297 g/mol. The molecule has 5 nitrogen and oxygen atoms in total. The summed E-state index contributed by atoms with van der Waals surface area (Å²) in [5.41, 5.74) is 0.205. The predicted molar refractivity (Wildman–Crippen MR) is 64.2 cm³/mol. The van der Waals surface area contributed by atoms with Gasteiger partial charge in [0.05, 0.1) is 5.92 Å². The van der Waals surface area contributed by atoms with Gasteiger partial charge in [0, 0.05) is 19.2 Å². The number of alkyl halides is 3. The van der Waals surface area contributed by atoms with E-state index in [1.54, 1.807) is 6.92 Å². The molecule has 2 heterocycles. The maximum Gasteiger partial charge on any atom is 0.393 e. The van der Waals surface area contributed by atoms with Crippen molar-refractivity contribution in [3.8, 4) is 0 Å². The number of hydrogen-bond donors (Lipinski definition) is 0. The first-order chi connectivity index (χ1) is 9.18. The molecule has 1 aliphatic heterocycles. The highest BCUT2D eigenvalue weighted by Crippen LogP contribution is 2.34. The first-order valence-electron chi connectivity index (χ1n) is 6.15. The third-order valence-corrected chi connectivity index (χ3v) is 5.03. The molecule has 0 bridgehead atoms. The van der Waals surface area contributed by atoms with Crippen molar-refractivity contribution in [3.63, 3.8) is 0 Å². The molecule has 0 aliphatic carbocycles. The van der Waals surface area contributed by atoms with Crippen LogP contribution in [0, 0.1) is 12.8 Å². The molecule has 0 radical (unpaired) electrons. The second kappa shape index (κ2) is 5.36. The molecule has 1 aromatic heterocycles. The largest absolute Gasteiger partial charge is 0.393 e. The lowest BCUT2D eigenvalue weighted by atomic mass is 9.99. The van der Waals surface area contributed by atoms with Crippen molar-refractivity contribution in [3.05, 3.63) is 17.5 Å². The molecule has 0 saturated carbocycles. The van der Waals surface area contributed by atoms with Gasteiger partial charge in [-0.15, -0.1) is 0 Å². The first kappa shape index (κ1) is 15.3. The predicted octanol–water partition coefficient (Wildman–Crippen LogP) is 2.09. The van der Waals surface area contributed by atoms with Crippen LogP contribution in [0.4, 0.5) is 13.2 Å². The van der Waals surface area contributed by atoms with Crippen LogP contribution in [0.2, 0.25) is 0 Å². The van der Waals surface area contributed by atoms with Crippen LogP contribution < -0.4 is 0 Å². The summed E-state index contributed by atoms with van der Waals surface area (Å²) in [4.78, 5) is 0. The van der Waals surface area contributed by atoms with E-state index in [1.165, 1.54) is 6.07 Å². The average molecular weight is 312 g/mol. The van der Waals surface area contributed by atoms with Gasteiger partial charge in [0.1, 0.15) is 17.2 Å². The van der Waals surface area contributed by atoms with Gasteiger partial charge in [0.2, 0.25) is 10.0 Å². The third-order valence-electron chi connectivity index (χ3n) is 3.25. The van der Waals surface area contributed by atoms with E-state index in [2.05, 4.69) is 5.16 Å². The number of hydrogen-bond acceptors (Lipinski definition) is 4. The molecule has 0 amide bonds. The topological polar surface area (TPSA) is 63.4 Å². The minimum Gasteiger partial charge on any atom is -0.361 e. The highest BCUT2D eigenvalue weighted by molar-refractivity contribution is 7.88. The summed E-state index contributed by atoms with van der Waals surface area (Å²) in [7, 11) is -3.81. The molecular formula is C11H15F3N2O3S. The van der Waals surface area contributed by atoms with Crippen LogP contribution in [0.5, 0.6) is 0 Å². The number of aryl methyl sites for hydroxylation is 1. The fraction of sp³-hybridized carbons (Fsp3) is 0.727. The van der Waals surface area contributed by atoms with E-state index in [4.69, 9.17) is 4.52 Å². The molecule has 2 rings (SSSR count). The number of halogens is 3. The Morgan fingerprint density at radius 2 is 2.20 bits per heavy atom. The van der Waals surface area contributed by atoms with E-state index in [0.717, 1.165) is 4.31 Å².